The van der Waals surface area contributed by atoms with Gasteiger partial charge in [0, 0.05) is 56.8 Å². The summed E-state index contributed by atoms with van der Waals surface area (Å²) < 4.78 is 13.0. The van der Waals surface area contributed by atoms with Crippen LogP contribution in [0.5, 0.6) is 0 Å². The number of nitrogens with zero attached hydrogens (tertiary/aromatic N) is 3. The molecule has 3 rings (SSSR count). The van der Waals surface area contributed by atoms with E-state index in [1.807, 2.05) is 19.1 Å². The Morgan fingerprint density at radius 2 is 1.79 bits per heavy atom. The number of hydrogen-bond acceptors (Lipinski definition) is 4. The summed E-state index contributed by atoms with van der Waals surface area (Å²) in [5.41, 5.74) is 1.66. The Morgan fingerprint density at radius 3 is 2.38 bits per heavy atom. The van der Waals surface area contributed by atoms with Crippen molar-refractivity contribution in [2.24, 2.45) is 0 Å². The van der Waals surface area contributed by atoms with Gasteiger partial charge in [-0.3, -0.25) is 14.7 Å². The molecule has 1 aliphatic heterocycles. The Bertz CT molecular complexity index is 728. The second kappa shape index (κ2) is 13.6. The molecule has 1 aliphatic rings. The summed E-state index contributed by atoms with van der Waals surface area (Å²) in [7, 11) is 0. The molecule has 5 nitrogen and oxygen atoms in total. The van der Waals surface area contributed by atoms with Crippen LogP contribution >= 0.6 is 0 Å². The number of nitrogens with one attached hydrogen (secondary N) is 1. The second-order valence-corrected chi connectivity index (χ2v) is 6.71. The molecule has 1 atom stereocenters. The van der Waals surface area contributed by atoms with Crippen LogP contribution in [0.2, 0.25) is 0 Å². The summed E-state index contributed by atoms with van der Waals surface area (Å²) in [6.45, 7) is 6.79. The molecular formula is C20H28Cl3FN4O. The van der Waals surface area contributed by atoms with E-state index in [-0.39, 0.29) is 59.3 Å². The van der Waals surface area contributed by atoms with Gasteiger partial charge in [0.05, 0.1) is 5.56 Å². The largest absolute Gasteiger partial charge is 1.00 e. The molecule has 1 aromatic carbocycles. The molecule has 1 saturated heterocycles. The van der Waals surface area contributed by atoms with Crippen LogP contribution in [0.1, 0.15) is 28.0 Å². The maximum atomic E-state index is 13.0. The lowest BCUT2D eigenvalue weighted by Crippen LogP contribution is -3.00. The van der Waals surface area contributed by atoms with Gasteiger partial charge in [-0.2, -0.15) is 0 Å². The van der Waals surface area contributed by atoms with E-state index in [1.165, 1.54) is 12.1 Å². The van der Waals surface area contributed by atoms with Gasteiger partial charge in [-0.25, -0.2) is 4.39 Å². The number of rotatable bonds is 6. The van der Waals surface area contributed by atoms with E-state index in [4.69, 9.17) is 0 Å². The van der Waals surface area contributed by atoms with Gasteiger partial charge < -0.3 is 47.4 Å². The van der Waals surface area contributed by atoms with E-state index in [0.29, 0.717) is 5.56 Å². The van der Waals surface area contributed by atoms with Crippen LogP contribution in [-0.4, -0.2) is 54.6 Å². The van der Waals surface area contributed by atoms with Crippen molar-refractivity contribution >= 4 is 11.6 Å². The van der Waals surface area contributed by atoms with Crippen molar-refractivity contribution < 1.29 is 50.7 Å². The number of carbonyl (C=O) groups is 1. The van der Waals surface area contributed by atoms with Crippen LogP contribution in [0.25, 0.3) is 0 Å². The van der Waals surface area contributed by atoms with Crippen LogP contribution in [0, 0.1) is 5.82 Å². The predicted molar refractivity (Wildman–Crippen MR) is 104 cm³/mol. The Balaban J connectivity index is -0.000000653. The first kappa shape index (κ1) is 27.4. The van der Waals surface area contributed by atoms with Gasteiger partial charge >= 0.3 is 4.28 Å². The minimum Gasteiger partial charge on any atom is -1.00 e. The average Bonchev–Trinajstić information content (AvgIpc) is 2.68. The lowest BCUT2D eigenvalue weighted by atomic mass is 10.2. The zero-order chi connectivity index (χ0) is 18.4. The Morgan fingerprint density at radius 1 is 1.14 bits per heavy atom. The van der Waals surface area contributed by atoms with Crippen LogP contribution in [0.4, 0.5) is 10.1 Å². The molecule has 1 unspecified atom stereocenters. The first-order valence-corrected chi connectivity index (χ1v) is 9.05. The third kappa shape index (κ3) is 8.34. The summed E-state index contributed by atoms with van der Waals surface area (Å²) >= 11 is 0. The number of aromatic nitrogens is 1. The second-order valence-electron chi connectivity index (χ2n) is 6.71. The van der Waals surface area contributed by atoms with E-state index in [2.05, 4.69) is 20.1 Å². The number of anilines is 1. The quantitative estimate of drug-likeness (QED) is 0.461. The standard InChI is InChI=1S/C20H25FN4O.3ClH/c1-16(23-20(26)17-3-2-9-22-15-17)8-10-24-11-13-25(14-12-24)19-6-4-18(21)5-7-19;;;/h2-7,9,15-16H,8,10-14H2,1H3,(H,23,26);3*1H. The lowest BCUT2D eigenvalue weighted by molar-refractivity contribution is -0.00100. The van der Waals surface area contributed by atoms with Crippen molar-refractivity contribution in [1.29, 1.82) is 0 Å². The molecule has 0 spiro atoms. The molecule has 1 N–H and O–H groups in total. The number of hydrogen-bond donors (Lipinski definition) is 1. The Labute approximate surface area is 194 Å². The third-order valence-electron chi connectivity index (χ3n) is 4.74. The molecule has 1 aromatic heterocycles. The van der Waals surface area contributed by atoms with Crippen molar-refractivity contribution in [3.8, 4) is 0 Å². The first-order valence-electron chi connectivity index (χ1n) is 9.05. The molecule has 29 heavy (non-hydrogen) atoms. The van der Waals surface area contributed by atoms with Crippen molar-refractivity contribution in [1.82, 2.24) is 15.2 Å². The summed E-state index contributed by atoms with van der Waals surface area (Å²) in [6, 6.07) is 10.3. The number of piperazine rings is 1. The Hall–Kier alpha value is -1.60. The molecule has 2 aromatic rings. The number of amides is 1. The highest BCUT2D eigenvalue weighted by Gasteiger charge is 2.18. The highest BCUT2D eigenvalue weighted by molar-refractivity contribution is 5.93. The fraction of sp³-hybridized carbons (Fsp3) is 0.400. The molecule has 0 radical (unpaired) electrons. The van der Waals surface area contributed by atoms with Crippen molar-refractivity contribution in [3.05, 3.63) is 60.2 Å². The molecule has 2 heterocycles. The van der Waals surface area contributed by atoms with E-state index in [1.54, 1.807) is 24.5 Å². The first-order chi connectivity index (χ1) is 12.6. The zero-order valence-corrected chi connectivity index (χ0v) is 18.5. The van der Waals surface area contributed by atoms with Crippen LogP contribution in [-0.2, 0) is 0 Å². The van der Waals surface area contributed by atoms with E-state index in [0.717, 1.165) is 44.8 Å². The monoisotopic (exact) mass is 464 g/mol. The number of carbonyl (C=O) groups excluding carboxylic acids is 1. The number of pyridine rings is 1. The molecular weight excluding hydrogens is 438 g/mol. The molecule has 9 heteroatoms. The topological polar surface area (TPSA) is 48.5 Å². The zero-order valence-electron chi connectivity index (χ0n) is 19.2. The van der Waals surface area contributed by atoms with Crippen LogP contribution < -0.4 is 47.4 Å². The minimum atomic E-state index is -0.199. The minimum absolute atomic E-state index is 0. The van der Waals surface area contributed by atoms with Gasteiger partial charge in [0.15, 0.2) is 0 Å². The molecule has 162 valence electrons. The van der Waals surface area contributed by atoms with Gasteiger partial charge in [-0.1, -0.05) is 0 Å². The van der Waals surface area contributed by atoms with Crippen LogP contribution in [0.3, 0.4) is 0 Å². The summed E-state index contributed by atoms with van der Waals surface area (Å²) in [6.07, 6.45) is 4.14. The van der Waals surface area contributed by atoms with Gasteiger partial charge in [0.1, 0.15) is 5.82 Å². The highest BCUT2D eigenvalue weighted by atomic mass is 35.5. The third-order valence-corrected chi connectivity index (χ3v) is 4.74. The molecule has 0 bridgehead atoms. The fourth-order valence-electron chi connectivity index (χ4n) is 3.13. The van der Waals surface area contributed by atoms with Crippen molar-refractivity contribution in [2.45, 2.75) is 19.4 Å². The number of halogens is 4. The summed E-state index contributed by atoms with van der Waals surface area (Å²) in [4.78, 5) is 20.8. The normalized spacial score (nSPS) is 14.6. The van der Waals surface area contributed by atoms with E-state index < -0.39 is 0 Å². The van der Waals surface area contributed by atoms with Gasteiger partial charge in [-0.15, -0.1) is 0 Å². The Kier molecular flexibility index (Phi) is 12.8. The molecule has 1 fully saturated rings. The average molecular weight is 466 g/mol. The SMILES string of the molecule is CC(CCN1CCN(c2ccc(F)cc2)CC1)NC(=O)c1cccnc1.[Cl-].[Cl-].[Cl-].[H+].[H+].[H+]. The molecule has 1 amide bonds. The fourth-order valence-corrected chi connectivity index (χ4v) is 3.13. The van der Waals surface area contributed by atoms with Crippen molar-refractivity contribution in [2.75, 3.05) is 37.6 Å². The van der Waals surface area contributed by atoms with Gasteiger partial charge in [0.25, 0.3) is 5.91 Å². The maximum absolute atomic E-state index is 13.0. The summed E-state index contributed by atoms with van der Waals surface area (Å²) in [5.74, 6) is -0.276. The van der Waals surface area contributed by atoms with Gasteiger partial charge in [0.2, 0.25) is 0 Å². The number of benzene rings is 1. The van der Waals surface area contributed by atoms with Crippen molar-refractivity contribution in [3.63, 3.8) is 0 Å². The van der Waals surface area contributed by atoms with E-state index >= 15 is 0 Å². The molecule has 0 aliphatic carbocycles. The van der Waals surface area contributed by atoms with Gasteiger partial charge in [-0.05, 0) is 49.7 Å². The smallest absolute Gasteiger partial charge is 1.00 e. The van der Waals surface area contributed by atoms with E-state index in [9.17, 15) is 9.18 Å². The lowest BCUT2D eigenvalue weighted by Gasteiger charge is -2.36. The predicted octanol–water partition coefficient (Wildman–Crippen LogP) is -6.10. The maximum Gasteiger partial charge on any atom is 1.00 e. The highest BCUT2D eigenvalue weighted by Crippen LogP contribution is 2.17. The summed E-state index contributed by atoms with van der Waals surface area (Å²) in [5, 5.41) is 3.02. The molecule has 0 saturated carbocycles. The van der Waals surface area contributed by atoms with Crippen LogP contribution in [0.15, 0.2) is 48.8 Å².